The monoisotopic (exact) mass is 217 g/mol. The van der Waals surface area contributed by atoms with E-state index in [2.05, 4.69) is 11.9 Å². The number of phenols is 1. The maximum Gasteiger partial charge on any atom is 0.228 e. The summed E-state index contributed by atoms with van der Waals surface area (Å²) in [5.41, 5.74) is 2.57. The predicted molar refractivity (Wildman–Crippen MR) is 63.7 cm³/mol. The zero-order valence-electron chi connectivity index (χ0n) is 9.29. The first-order valence-corrected chi connectivity index (χ1v) is 5.44. The third kappa shape index (κ3) is 1.58. The van der Waals surface area contributed by atoms with Gasteiger partial charge in [-0.25, -0.2) is 0 Å². The molecule has 0 saturated heterocycles. The van der Waals surface area contributed by atoms with Gasteiger partial charge in [0, 0.05) is 17.2 Å². The molecule has 1 aromatic rings. The number of anilines is 1. The number of amides is 1. The van der Waals surface area contributed by atoms with Gasteiger partial charge in [-0.05, 0) is 24.1 Å². The highest BCUT2D eigenvalue weighted by molar-refractivity contribution is 6.00. The van der Waals surface area contributed by atoms with Crippen molar-refractivity contribution in [2.24, 2.45) is 0 Å². The van der Waals surface area contributed by atoms with Gasteiger partial charge in [0.15, 0.2) is 0 Å². The highest BCUT2D eigenvalue weighted by Crippen LogP contribution is 2.38. The second-order valence-electron chi connectivity index (χ2n) is 4.00. The van der Waals surface area contributed by atoms with Crippen molar-refractivity contribution in [2.45, 2.75) is 25.7 Å². The minimum atomic E-state index is -0.0132. The van der Waals surface area contributed by atoms with Crippen molar-refractivity contribution in [3.8, 4) is 5.75 Å². The average molecular weight is 217 g/mol. The Morgan fingerprint density at radius 2 is 2.38 bits per heavy atom. The Labute approximate surface area is 94.8 Å². The Kier molecular flexibility index (Phi) is 2.69. The molecule has 1 atom stereocenters. The van der Waals surface area contributed by atoms with Gasteiger partial charge in [0.1, 0.15) is 5.75 Å². The van der Waals surface area contributed by atoms with Gasteiger partial charge in [0.05, 0.1) is 6.42 Å². The summed E-state index contributed by atoms with van der Waals surface area (Å²) in [5, 5.41) is 12.7. The summed E-state index contributed by atoms with van der Waals surface area (Å²) in [6.45, 7) is 5.81. The van der Waals surface area contributed by atoms with Crippen LogP contribution in [-0.2, 0) is 11.2 Å². The lowest BCUT2D eigenvalue weighted by molar-refractivity contribution is -0.115. The maximum atomic E-state index is 11.3. The molecule has 3 nitrogen and oxygen atoms in total. The van der Waals surface area contributed by atoms with E-state index in [0.29, 0.717) is 6.42 Å². The molecule has 0 spiro atoms. The van der Waals surface area contributed by atoms with Crippen molar-refractivity contribution in [1.29, 1.82) is 0 Å². The number of allylic oxidation sites excluding steroid dienone is 1. The molecular weight excluding hydrogens is 202 g/mol. The number of fused-ring (bicyclic) bond motifs is 1. The fourth-order valence-electron chi connectivity index (χ4n) is 2.22. The molecule has 0 fully saturated rings. The quantitative estimate of drug-likeness (QED) is 0.604. The molecule has 1 heterocycles. The molecule has 16 heavy (non-hydrogen) atoms. The number of hydrogen-bond donors (Lipinski definition) is 2. The molecule has 1 amide bonds. The first-order valence-electron chi connectivity index (χ1n) is 5.44. The molecule has 1 aliphatic heterocycles. The van der Waals surface area contributed by atoms with Gasteiger partial charge in [-0.1, -0.05) is 13.0 Å². The molecule has 2 rings (SSSR count). The van der Waals surface area contributed by atoms with Crippen LogP contribution >= 0.6 is 0 Å². The minimum absolute atomic E-state index is 0.0132. The van der Waals surface area contributed by atoms with Gasteiger partial charge in [-0.3, -0.25) is 4.79 Å². The van der Waals surface area contributed by atoms with Gasteiger partial charge < -0.3 is 10.4 Å². The zero-order valence-corrected chi connectivity index (χ0v) is 9.29. The summed E-state index contributed by atoms with van der Waals surface area (Å²) in [4.78, 5) is 11.3. The van der Waals surface area contributed by atoms with Gasteiger partial charge in [0.2, 0.25) is 5.91 Å². The van der Waals surface area contributed by atoms with Crippen LogP contribution in [0.25, 0.3) is 0 Å². The topological polar surface area (TPSA) is 49.3 Å². The lowest BCUT2D eigenvalue weighted by Crippen LogP contribution is -2.04. The first kappa shape index (κ1) is 10.7. The SMILES string of the molecule is C=CC(CC)c1c(O)ccc2c1CC(=O)N2. The summed E-state index contributed by atoms with van der Waals surface area (Å²) in [7, 11) is 0. The summed E-state index contributed by atoms with van der Waals surface area (Å²) in [5.74, 6) is 0.338. The first-order chi connectivity index (χ1) is 7.67. The van der Waals surface area contributed by atoms with E-state index in [9.17, 15) is 9.90 Å². The van der Waals surface area contributed by atoms with Crippen LogP contribution in [-0.4, -0.2) is 11.0 Å². The molecule has 0 radical (unpaired) electrons. The smallest absolute Gasteiger partial charge is 0.228 e. The van der Waals surface area contributed by atoms with Gasteiger partial charge in [0.25, 0.3) is 0 Å². The van der Waals surface area contributed by atoms with Crippen LogP contribution in [0.15, 0.2) is 24.8 Å². The number of nitrogens with one attached hydrogen (secondary N) is 1. The fraction of sp³-hybridized carbons (Fsp3) is 0.308. The van der Waals surface area contributed by atoms with E-state index >= 15 is 0 Å². The van der Waals surface area contributed by atoms with E-state index in [0.717, 1.165) is 23.2 Å². The van der Waals surface area contributed by atoms with Crippen LogP contribution < -0.4 is 5.32 Å². The molecule has 0 aliphatic carbocycles. The summed E-state index contributed by atoms with van der Waals surface area (Å²) >= 11 is 0. The van der Waals surface area contributed by atoms with Crippen LogP contribution in [0.2, 0.25) is 0 Å². The predicted octanol–water partition coefficient (Wildman–Crippen LogP) is 2.57. The third-order valence-corrected chi connectivity index (χ3v) is 3.04. The summed E-state index contributed by atoms with van der Waals surface area (Å²) in [6, 6.07) is 3.38. The summed E-state index contributed by atoms with van der Waals surface area (Å²) < 4.78 is 0. The molecule has 0 aromatic heterocycles. The number of carbonyl (C=O) groups is 1. The lowest BCUT2D eigenvalue weighted by atomic mass is 9.90. The number of benzene rings is 1. The number of rotatable bonds is 3. The molecule has 1 unspecified atom stereocenters. The van der Waals surface area contributed by atoms with E-state index in [1.165, 1.54) is 0 Å². The molecule has 0 bridgehead atoms. The average Bonchev–Trinajstić information content (AvgIpc) is 2.63. The Balaban J connectivity index is 2.56. The summed E-state index contributed by atoms with van der Waals surface area (Å²) in [6.07, 6.45) is 3.03. The van der Waals surface area contributed by atoms with E-state index < -0.39 is 0 Å². The van der Waals surface area contributed by atoms with Crippen LogP contribution in [0, 0.1) is 0 Å². The highest BCUT2D eigenvalue weighted by atomic mass is 16.3. The largest absolute Gasteiger partial charge is 0.508 e. The van der Waals surface area contributed by atoms with Gasteiger partial charge in [-0.2, -0.15) is 0 Å². The Hall–Kier alpha value is -1.77. The molecule has 1 aliphatic rings. The molecule has 3 heteroatoms. The van der Waals surface area contributed by atoms with Crippen LogP contribution in [0.3, 0.4) is 0 Å². The van der Waals surface area contributed by atoms with E-state index in [1.54, 1.807) is 12.1 Å². The number of aromatic hydroxyl groups is 1. The van der Waals surface area contributed by atoms with Crippen molar-refractivity contribution < 1.29 is 9.90 Å². The van der Waals surface area contributed by atoms with Gasteiger partial charge in [-0.15, -0.1) is 6.58 Å². The molecule has 0 saturated carbocycles. The lowest BCUT2D eigenvalue weighted by Gasteiger charge is -2.16. The van der Waals surface area contributed by atoms with Crippen LogP contribution in [0.4, 0.5) is 5.69 Å². The van der Waals surface area contributed by atoms with Crippen molar-refractivity contribution >= 4 is 11.6 Å². The third-order valence-electron chi connectivity index (χ3n) is 3.04. The number of hydrogen-bond acceptors (Lipinski definition) is 2. The van der Waals surface area contributed by atoms with E-state index in [-0.39, 0.29) is 17.6 Å². The molecule has 1 aromatic carbocycles. The van der Waals surface area contributed by atoms with Gasteiger partial charge >= 0.3 is 0 Å². The Bertz CT molecular complexity index is 451. The number of phenolic OH excluding ortho intramolecular Hbond substituents is 1. The molecule has 84 valence electrons. The van der Waals surface area contributed by atoms with Crippen LogP contribution in [0.1, 0.15) is 30.4 Å². The Morgan fingerprint density at radius 1 is 1.62 bits per heavy atom. The van der Waals surface area contributed by atoms with E-state index in [1.807, 2.05) is 13.0 Å². The van der Waals surface area contributed by atoms with Crippen LogP contribution in [0.5, 0.6) is 5.75 Å². The molecular formula is C13H15NO2. The van der Waals surface area contributed by atoms with Crippen molar-refractivity contribution in [3.63, 3.8) is 0 Å². The van der Waals surface area contributed by atoms with Crippen molar-refractivity contribution in [3.05, 3.63) is 35.9 Å². The normalized spacial score (nSPS) is 15.4. The van der Waals surface area contributed by atoms with E-state index in [4.69, 9.17) is 0 Å². The maximum absolute atomic E-state index is 11.3. The minimum Gasteiger partial charge on any atom is -0.508 e. The standard InChI is InChI=1S/C13H15NO2/c1-3-8(4-2)13-9-7-12(16)14-10(9)5-6-11(13)15/h3,5-6,8,15H,1,4,7H2,2H3,(H,14,16). The number of carbonyl (C=O) groups excluding carboxylic acids is 1. The fourth-order valence-corrected chi connectivity index (χ4v) is 2.22. The molecule has 2 N–H and O–H groups in total. The van der Waals surface area contributed by atoms with Crippen molar-refractivity contribution in [2.75, 3.05) is 5.32 Å². The second kappa shape index (κ2) is 4.00. The zero-order chi connectivity index (χ0) is 11.7. The Morgan fingerprint density at radius 3 is 3.00 bits per heavy atom. The highest BCUT2D eigenvalue weighted by Gasteiger charge is 2.25. The second-order valence-corrected chi connectivity index (χ2v) is 4.00. The van der Waals surface area contributed by atoms with Crippen molar-refractivity contribution in [1.82, 2.24) is 0 Å².